The average Bonchev–Trinajstić information content (AvgIpc) is 3.36. The van der Waals surface area contributed by atoms with Crippen molar-refractivity contribution in [2.24, 2.45) is 0 Å². The molecule has 1 aromatic carbocycles. The van der Waals surface area contributed by atoms with Crippen molar-refractivity contribution in [3.63, 3.8) is 0 Å². The first kappa shape index (κ1) is 20.9. The number of esters is 1. The number of halogens is 2. The monoisotopic (exact) mass is 452 g/mol. The minimum Gasteiger partial charge on any atom is -0.459 e. The van der Waals surface area contributed by atoms with Crippen LogP contribution >= 0.6 is 34.5 Å². The van der Waals surface area contributed by atoms with Gasteiger partial charge in [-0.25, -0.2) is 4.79 Å². The normalized spacial score (nSPS) is 11.6. The van der Waals surface area contributed by atoms with Gasteiger partial charge in [0.2, 0.25) is 0 Å². The molecule has 1 unspecified atom stereocenters. The van der Waals surface area contributed by atoms with Crippen molar-refractivity contribution < 1.29 is 23.5 Å². The van der Waals surface area contributed by atoms with Crippen LogP contribution in [0.5, 0.6) is 0 Å². The van der Waals surface area contributed by atoms with E-state index < -0.39 is 23.9 Å². The number of benzene rings is 1. The van der Waals surface area contributed by atoms with E-state index in [0.29, 0.717) is 20.7 Å². The molecular formula is C19H14Cl2N2O5S. The number of nitrogens with one attached hydrogen (secondary N) is 2. The van der Waals surface area contributed by atoms with Crippen molar-refractivity contribution in [2.45, 2.75) is 13.0 Å². The van der Waals surface area contributed by atoms with Gasteiger partial charge in [0.05, 0.1) is 22.0 Å². The van der Waals surface area contributed by atoms with Gasteiger partial charge in [-0.05, 0) is 49.4 Å². The fraction of sp³-hybridized carbons (Fsp3) is 0.105. The lowest BCUT2D eigenvalue weighted by molar-refractivity contribution is -0.123. The highest BCUT2D eigenvalue weighted by atomic mass is 35.5. The summed E-state index contributed by atoms with van der Waals surface area (Å²) in [4.78, 5) is 36.7. The maximum Gasteiger partial charge on any atom is 0.349 e. The second-order valence-electron chi connectivity index (χ2n) is 5.76. The summed E-state index contributed by atoms with van der Waals surface area (Å²) in [5.41, 5.74) is 0.311. The van der Waals surface area contributed by atoms with E-state index >= 15 is 0 Å². The van der Waals surface area contributed by atoms with Crippen LogP contribution in [0.1, 0.15) is 27.2 Å². The molecule has 1 atom stereocenters. The largest absolute Gasteiger partial charge is 0.459 e. The molecule has 0 spiro atoms. The summed E-state index contributed by atoms with van der Waals surface area (Å²) in [6.45, 7) is 1.43. The molecule has 0 saturated heterocycles. The third-order valence-electron chi connectivity index (χ3n) is 3.63. The molecule has 2 N–H and O–H groups in total. The fourth-order valence-corrected chi connectivity index (χ4v) is 3.32. The number of anilines is 2. The number of thiophene rings is 1. The Bertz CT molecular complexity index is 1050. The zero-order valence-corrected chi connectivity index (χ0v) is 17.2. The van der Waals surface area contributed by atoms with E-state index in [2.05, 4.69) is 10.6 Å². The lowest BCUT2D eigenvalue weighted by Crippen LogP contribution is -2.29. The molecule has 29 heavy (non-hydrogen) atoms. The minimum absolute atomic E-state index is 0.146. The molecule has 10 heteroatoms. The number of hydrogen-bond donors (Lipinski definition) is 2. The van der Waals surface area contributed by atoms with Crippen LogP contribution in [0.4, 0.5) is 10.7 Å². The molecule has 150 valence electrons. The quantitative estimate of drug-likeness (QED) is 0.507. The van der Waals surface area contributed by atoms with Gasteiger partial charge in [-0.15, -0.1) is 11.3 Å². The van der Waals surface area contributed by atoms with Crippen molar-refractivity contribution in [1.29, 1.82) is 0 Å². The Kier molecular flexibility index (Phi) is 6.58. The number of carbonyl (C=O) groups is 3. The molecule has 3 rings (SSSR count). The summed E-state index contributed by atoms with van der Waals surface area (Å²) in [5.74, 6) is -1.56. The highest BCUT2D eigenvalue weighted by Gasteiger charge is 2.21. The topological polar surface area (TPSA) is 97.6 Å². The van der Waals surface area contributed by atoms with Gasteiger partial charge >= 0.3 is 5.97 Å². The predicted octanol–water partition coefficient (Wildman–Crippen LogP) is 5.08. The lowest BCUT2D eigenvalue weighted by atomic mass is 10.3. The van der Waals surface area contributed by atoms with Crippen LogP contribution in [-0.2, 0) is 9.53 Å². The smallest absolute Gasteiger partial charge is 0.349 e. The van der Waals surface area contributed by atoms with Crippen LogP contribution in [0, 0.1) is 0 Å². The molecule has 0 aliphatic heterocycles. The Labute approximate surface area is 179 Å². The second-order valence-corrected chi connectivity index (χ2v) is 7.68. The molecule has 0 aliphatic carbocycles. The molecule has 2 heterocycles. The number of hydrogen-bond acceptors (Lipinski definition) is 6. The molecular weight excluding hydrogens is 439 g/mol. The Hall–Kier alpha value is -2.81. The van der Waals surface area contributed by atoms with Crippen LogP contribution < -0.4 is 10.6 Å². The van der Waals surface area contributed by atoms with Crippen LogP contribution in [0.2, 0.25) is 10.0 Å². The van der Waals surface area contributed by atoms with Gasteiger partial charge in [-0.1, -0.05) is 23.2 Å². The van der Waals surface area contributed by atoms with Gasteiger partial charge in [0, 0.05) is 5.02 Å². The van der Waals surface area contributed by atoms with Crippen LogP contribution in [-0.4, -0.2) is 23.9 Å². The van der Waals surface area contributed by atoms with E-state index in [-0.39, 0.29) is 10.6 Å². The van der Waals surface area contributed by atoms with Gasteiger partial charge in [0.15, 0.2) is 11.9 Å². The first-order valence-corrected chi connectivity index (χ1v) is 9.82. The molecule has 3 aromatic rings. The SMILES string of the molecule is CC(OC(=O)c1ccc(NC(=O)c2ccco2)s1)C(=O)Nc1cc(Cl)ccc1Cl. The van der Waals surface area contributed by atoms with E-state index in [1.54, 1.807) is 24.3 Å². The van der Waals surface area contributed by atoms with Crippen molar-refractivity contribution in [3.05, 3.63) is 69.4 Å². The maximum atomic E-state index is 12.3. The maximum absolute atomic E-state index is 12.3. The van der Waals surface area contributed by atoms with Crippen LogP contribution in [0.3, 0.4) is 0 Å². The second kappa shape index (κ2) is 9.13. The number of furan rings is 1. The fourth-order valence-electron chi connectivity index (χ4n) is 2.20. The molecule has 0 bridgehead atoms. The molecule has 7 nitrogen and oxygen atoms in total. The third-order valence-corrected chi connectivity index (χ3v) is 5.17. The zero-order chi connectivity index (χ0) is 21.0. The van der Waals surface area contributed by atoms with Crippen molar-refractivity contribution in [3.8, 4) is 0 Å². The van der Waals surface area contributed by atoms with E-state index in [9.17, 15) is 14.4 Å². The molecule has 2 amide bonds. The first-order chi connectivity index (χ1) is 13.8. The van der Waals surface area contributed by atoms with E-state index in [1.165, 1.54) is 31.4 Å². The molecule has 0 saturated carbocycles. The molecule has 0 aliphatic rings. The van der Waals surface area contributed by atoms with Gasteiger partial charge in [0.1, 0.15) is 4.88 Å². The van der Waals surface area contributed by atoms with E-state index in [1.807, 2.05) is 0 Å². The van der Waals surface area contributed by atoms with Crippen LogP contribution in [0.25, 0.3) is 0 Å². The number of ether oxygens (including phenoxy) is 1. The van der Waals surface area contributed by atoms with Gasteiger partial charge < -0.3 is 19.8 Å². The van der Waals surface area contributed by atoms with Gasteiger partial charge in [-0.3, -0.25) is 9.59 Å². The third kappa shape index (κ3) is 5.38. The summed E-state index contributed by atoms with van der Waals surface area (Å²) in [5, 5.41) is 6.30. The summed E-state index contributed by atoms with van der Waals surface area (Å²) in [6.07, 6.45) is 0.301. The average molecular weight is 453 g/mol. The van der Waals surface area contributed by atoms with Crippen molar-refractivity contribution >= 4 is 63.0 Å². The molecule has 0 radical (unpaired) electrons. The summed E-state index contributed by atoms with van der Waals surface area (Å²) in [6, 6.07) is 10.8. The molecule has 0 fully saturated rings. The Balaban J connectivity index is 1.58. The molecule has 2 aromatic heterocycles. The Morgan fingerprint density at radius 2 is 1.90 bits per heavy atom. The minimum atomic E-state index is -1.08. The van der Waals surface area contributed by atoms with E-state index in [0.717, 1.165) is 11.3 Å². The summed E-state index contributed by atoms with van der Waals surface area (Å²) in [7, 11) is 0. The van der Waals surface area contributed by atoms with Gasteiger partial charge in [-0.2, -0.15) is 0 Å². The predicted molar refractivity (Wildman–Crippen MR) is 111 cm³/mol. The number of amides is 2. The zero-order valence-electron chi connectivity index (χ0n) is 14.9. The van der Waals surface area contributed by atoms with Gasteiger partial charge in [0.25, 0.3) is 11.8 Å². The highest BCUT2D eigenvalue weighted by Crippen LogP contribution is 2.26. The van der Waals surface area contributed by atoms with Crippen LogP contribution in [0.15, 0.2) is 53.1 Å². The summed E-state index contributed by atoms with van der Waals surface area (Å²) < 4.78 is 10.2. The Morgan fingerprint density at radius 3 is 2.62 bits per heavy atom. The first-order valence-electron chi connectivity index (χ1n) is 8.25. The Morgan fingerprint density at radius 1 is 1.10 bits per heavy atom. The number of rotatable bonds is 6. The summed E-state index contributed by atoms with van der Waals surface area (Å²) >= 11 is 12.9. The standard InChI is InChI=1S/C19H14Cl2N2O5S/c1-10(17(24)22-13-9-11(20)4-5-12(13)21)28-19(26)15-6-7-16(29-15)23-18(25)14-3-2-8-27-14/h2-10H,1H3,(H,22,24)(H,23,25). The van der Waals surface area contributed by atoms with Crippen molar-refractivity contribution in [1.82, 2.24) is 0 Å². The number of carbonyl (C=O) groups excluding carboxylic acids is 3. The van der Waals surface area contributed by atoms with E-state index in [4.69, 9.17) is 32.4 Å². The highest BCUT2D eigenvalue weighted by molar-refractivity contribution is 7.18. The lowest BCUT2D eigenvalue weighted by Gasteiger charge is -2.14. The van der Waals surface area contributed by atoms with Crippen molar-refractivity contribution in [2.75, 3.05) is 10.6 Å².